The van der Waals surface area contributed by atoms with Gasteiger partial charge in [0.2, 0.25) is 5.91 Å². The van der Waals surface area contributed by atoms with Crippen LogP contribution >= 0.6 is 11.8 Å². The van der Waals surface area contributed by atoms with E-state index in [-0.39, 0.29) is 18.0 Å². The van der Waals surface area contributed by atoms with E-state index in [1.165, 1.54) is 10.9 Å². The summed E-state index contributed by atoms with van der Waals surface area (Å²) in [5.41, 5.74) is 1.81. The van der Waals surface area contributed by atoms with Crippen LogP contribution in [0.4, 0.5) is 5.69 Å². The fourth-order valence-corrected chi connectivity index (χ4v) is 2.43. The Morgan fingerprint density at radius 1 is 1.33 bits per heavy atom. The van der Waals surface area contributed by atoms with Crippen molar-refractivity contribution in [1.82, 2.24) is 9.55 Å². The number of nitrogens with zero attached hydrogens (tertiary/aromatic N) is 2. The molecule has 110 valence electrons. The summed E-state index contributed by atoms with van der Waals surface area (Å²) >= 11 is 1.56. The SMILES string of the molecule is CSc1ccccc1NC(=O)Cn1cnc(C)c(C)c1=O. The van der Waals surface area contributed by atoms with Crippen molar-refractivity contribution in [2.24, 2.45) is 0 Å². The highest BCUT2D eigenvalue weighted by Gasteiger charge is 2.10. The van der Waals surface area contributed by atoms with Crippen molar-refractivity contribution in [2.45, 2.75) is 25.3 Å². The molecular formula is C15H17N3O2S. The number of carbonyl (C=O) groups excluding carboxylic acids is 1. The normalized spacial score (nSPS) is 10.4. The molecule has 1 amide bonds. The number of carbonyl (C=O) groups is 1. The van der Waals surface area contributed by atoms with Crippen molar-refractivity contribution < 1.29 is 4.79 Å². The molecule has 1 aromatic carbocycles. The summed E-state index contributed by atoms with van der Waals surface area (Å²) in [7, 11) is 0. The summed E-state index contributed by atoms with van der Waals surface area (Å²) in [6.07, 6.45) is 3.35. The highest BCUT2D eigenvalue weighted by molar-refractivity contribution is 7.98. The second-order valence-electron chi connectivity index (χ2n) is 4.64. The second kappa shape index (κ2) is 6.58. The molecule has 0 unspecified atom stereocenters. The Hall–Kier alpha value is -2.08. The minimum Gasteiger partial charge on any atom is -0.324 e. The standard InChI is InChI=1S/C15H17N3O2S/c1-10-11(2)16-9-18(15(10)20)8-14(19)17-12-6-4-5-7-13(12)21-3/h4-7,9H,8H2,1-3H3,(H,17,19). The van der Waals surface area contributed by atoms with Crippen LogP contribution in [0.3, 0.4) is 0 Å². The van der Waals surface area contributed by atoms with Gasteiger partial charge in [0.25, 0.3) is 5.56 Å². The predicted molar refractivity (Wildman–Crippen MR) is 84.8 cm³/mol. The number of thioether (sulfide) groups is 1. The molecule has 0 saturated carbocycles. The van der Waals surface area contributed by atoms with E-state index in [9.17, 15) is 9.59 Å². The van der Waals surface area contributed by atoms with Crippen LogP contribution in [0.15, 0.2) is 40.3 Å². The van der Waals surface area contributed by atoms with Gasteiger partial charge in [-0.15, -0.1) is 11.8 Å². The molecular weight excluding hydrogens is 286 g/mol. The molecule has 6 heteroatoms. The first-order chi connectivity index (χ1) is 10.0. The Balaban J connectivity index is 2.16. The number of aryl methyl sites for hydroxylation is 1. The number of amides is 1. The topological polar surface area (TPSA) is 64.0 Å². The molecule has 5 nitrogen and oxygen atoms in total. The summed E-state index contributed by atoms with van der Waals surface area (Å²) in [5.74, 6) is -0.247. The van der Waals surface area contributed by atoms with E-state index in [4.69, 9.17) is 0 Å². The number of hydrogen-bond acceptors (Lipinski definition) is 4. The third-order valence-electron chi connectivity index (χ3n) is 3.21. The van der Waals surface area contributed by atoms with Crippen molar-refractivity contribution in [2.75, 3.05) is 11.6 Å². The average molecular weight is 303 g/mol. The molecule has 0 saturated heterocycles. The Morgan fingerprint density at radius 2 is 2.05 bits per heavy atom. The quantitative estimate of drug-likeness (QED) is 0.880. The first-order valence-electron chi connectivity index (χ1n) is 6.48. The number of rotatable bonds is 4. The van der Waals surface area contributed by atoms with Crippen molar-refractivity contribution in [3.8, 4) is 0 Å². The lowest BCUT2D eigenvalue weighted by Crippen LogP contribution is -2.29. The molecule has 1 N–H and O–H groups in total. The van der Waals surface area contributed by atoms with Crippen LogP contribution in [-0.2, 0) is 11.3 Å². The van der Waals surface area contributed by atoms with Crippen molar-refractivity contribution >= 4 is 23.4 Å². The number of hydrogen-bond donors (Lipinski definition) is 1. The average Bonchev–Trinajstić information content (AvgIpc) is 2.48. The fraction of sp³-hybridized carbons (Fsp3) is 0.267. The van der Waals surface area contributed by atoms with E-state index in [1.807, 2.05) is 30.5 Å². The number of anilines is 1. The molecule has 2 aromatic rings. The lowest BCUT2D eigenvalue weighted by Gasteiger charge is -2.11. The monoisotopic (exact) mass is 303 g/mol. The van der Waals surface area contributed by atoms with Crippen LogP contribution in [0.2, 0.25) is 0 Å². The van der Waals surface area contributed by atoms with E-state index in [0.717, 1.165) is 10.6 Å². The summed E-state index contributed by atoms with van der Waals surface area (Å²) < 4.78 is 1.32. The third kappa shape index (κ3) is 3.52. The first-order valence-corrected chi connectivity index (χ1v) is 7.71. The predicted octanol–water partition coefficient (Wildman–Crippen LogP) is 2.22. The molecule has 1 aromatic heterocycles. The summed E-state index contributed by atoms with van der Waals surface area (Å²) in [4.78, 5) is 29.2. The van der Waals surface area contributed by atoms with Gasteiger partial charge in [-0.2, -0.15) is 0 Å². The highest BCUT2D eigenvalue weighted by Crippen LogP contribution is 2.24. The largest absolute Gasteiger partial charge is 0.324 e. The number of para-hydroxylation sites is 1. The smallest absolute Gasteiger partial charge is 0.256 e. The zero-order valence-electron chi connectivity index (χ0n) is 12.2. The van der Waals surface area contributed by atoms with Gasteiger partial charge < -0.3 is 5.32 Å². The van der Waals surface area contributed by atoms with Crippen LogP contribution in [0.5, 0.6) is 0 Å². The van der Waals surface area contributed by atoms with Crippen LogP contribution in [0.25, 0.3) is 0 Å². The van der Waals surface area contributed by atoms with E-state index in [0.29, 0.717) is 11.3 Å². The number of nitrogens with one attached hydrogen (secondary N) is 1. The lowest BCUT2D eigenvalue weighted by molar-refractivity contribution is -0.116. The van der Waals surface area contributed by atoms with E-state index < -0.39 is 0 Å². The minimum absolute atomic E-state index is 0.0460. The van der Waals surface area contributed by atoms with Crippen LogP contribution in [0.1, 0.15) is 11.3 Å². The maximum atomic E-state index is 12.1. The first kappa shape index (κ1) is 15.3. The Kier molecular flexibility index (Phi) is 4.80. The van der Waals surface area contributed by atoms with E-state index >= 15 is 0 Å². The molecule has 0 aliphatic rings. The molecule has 1 heterocycles. The second-order valence-corrected chi connectivity index (χ2v) is 5.48. The zero-order valence-corrected chi connectivity index (χ0v) is 13.0. The Bertz CT molecular complexity index is 725. The molecule has 0 bridgehead atoms. The molecule has 0 radical (unpaired) electrons. The minimum atomic E-state index is -0.247. The van der Waals surface area contributed by atoms with Crippen molar-refractivity contribution in [3.63, 3.8) is 0 Å². The van der Waals surface area contributed by atoms with E-state index in [1.54, 1.807) is 25.6 Å². The van der Waals surface area contributed by atoms with Gasteiger partial charge in [-0.1, -0.05) is 12.1 Å². The fourth-order valence-electron chi connectivity index (χ4n) is 1.88. The molecule has 0 spiro atoms. The molecule has 0 aliphatic heterocycles. The van der Waals surface area contributed by atoms with Gasteiger partial charge in [0.1, 0.15) is 6.54 Å². The van der Waals surface area contributed by atoms with Crippen LogP contribution in [0, 0.1) is 13.8 Å². The Labute approximate surface area is 127 Å². The van der Waals surface area contributed by atoms with Crippen molar-refractivity contribution in [1.29, 1.82) is 0 Å². The van der Waals surface area contributed by atoms with Crippen molar-refractivity contribution in [3.05, 3.63) is 52.2 Å². The summed E-state index contributed by atoms with van der Waals surface area (Å²) in [6, 6.07) is 7.55. The van der Waals surface area contributed by atoms with Gasteiger partial charge in [-0.3, -0.25) is 14.2 Å². The number of aromatic nitrogens is 2. The maximum absolute atomic E-state index is 12.1. The van der Waals surface area contributed by atoms with Gasteiger partial charge in [0.15, 0.2) is 0 Å². The van der Waals surface area contributed by atoms with Gasteiger partial charge >= 0.3 is 0 Å². The van der Waals surface area contributed by atoms with Gasteiger partial charge in [-0.05, 0) is 32.2 Å². The maximum Gasteiger partial charge on any atom is 0.256 e. The van der Waals surface area contributed by atoms with E-state index in [2.05, 4.69) is 10.3 Å². The highest BCUT2D eigenvalue weighted by atomic mass is 32.2. The molecule has 2 rings (SSSR count). The number of benzene rings is 1. The summed E-state index contributed by atoms with van der Waals surface area (Å²) in [6.45, 7) is 3.44. The van der Waals surface area contributed by atoms with Gasteiger partial charge in [-0.25, -0.2) is 4.98 Å². The third-order valence-corrected chi connectivity index (χ3v) is 4.01. The molecule has 0 aliphatic carbocycles. The zero-order chi connectivity index (χ0) is 15.4. The van der Waals surface area contributed by atoms with Crippen LogP contribution in [-0.4, -0.2) is 21.7 Å². The summed E-state index contributed by atoms with van der Waals surface area (Å²) in [5, 5.41) is 2.82. The lowest BCUT2D eigenvalue weighted by atomic mass is 10.3. The molecule has 0 fully saturated rings. The van der Waals surface area contributed by atoms with Gasteiger partial charge in [0.05, 0.1) is 12.0 Å². The molecule has 21 heavy (non-hydrogen) atoms. The Morgan fingerprint density at radius 3 is 2.76 bits per heavy atom. The van der Waals surface area contributed by atoms with Crippen LogP contribution < -0.4 is 10.9 Å². The van der Waals surface area contributed by atoms with Gasteiger partial charge in [0, 0.05) is 16.2 Å². The molecule has 0 atom stereocenters.